The molecule has 0 aliphatic rings. The van der Waals surface area contributed by atoms with Crippen LogP contribution in [-0.4, -0.2) is 17.4 Å². The quantitative estimate of drug-likeness (QED) is 0.384. The third-order valence-electron chi connectivity index (χ3n) is 2.01. The summed E-state index contributed by atoms with van der Waals surface area (Å²) < 4.78 is 26.6. The number of amides is 1. The van der Waals surface area contributed by atoms with Crippen molar-refractivity contribution < 1.29 is 18.5 Å². The van der Waals surface area contributed by atoms with E-state index in [9.17, 15) is 23.7 Å². The number of hydrogen-bond acceptors (Lipinski definition) is 3. The van der Waals surface area contributed by atoms with Gasteiger partial charge in [-0.25, -0.2) is 4.39 Å². The van der Waals surface area contributed by atoms with Crippen LogP contribution in [0.4, 0.5) is 14.5 Å². The van der Waals surface area contributed by atoms with Gasteiger partial charge in [-0.05, 0) is 6.07 Å². The molecule has 0 radical (unpaired) electrons. The average Bonchev–Trinajstić information content (AvgIpc) is 2.31. The highest BCUT2D eigenvalue weighted by molar-refractivity contribution is 5.95. The van der Waals surface area contributed by atoms with E-state index in [1.165, 1.54) is 0 Å². The lowest BCUT2D eigenvalue weighted by Crippen LogP contribution is -2.25. The van der Waals surface area contributed by atoms with Crippen molar-refractivity contribution in [3.8, 4) is 12.3 Å². The number of nitrogens with zero attached hydrogens (tertiary/aromatic N) is 1. The molecule has 0 bridgehead atoms. The third-order valence-corrected chi connectivity index (χ3v) is 2.01. The van der Waals surface area contributed by atoms with Crippen molar-refractivity contribution in [2.24, 2.45) is 0 Å². The van der Waals surface area contributed by atoms with E-state index in [1.54, 1.807) is 0 Å². The molecule has 0 aliphatic carbocycles. The van der Waals surface area contributed by atoms with Gasteiger partial charge in [0.05, 0.1) is 16.6 Å². The first-order valence-electron chi connectivity index (χ1n) is 4.82. The maximum atomic E-state index is 13.6. The molecule has 0 saturated carbocycles. The lowest BCUT2D eigenvalue weighted by atomic mass is 10.1. The fourth-order valence-corrected chi connectivity index (χ4v) is 1.22. The Morgan fingerprint density at radius 2 is 2.17 bits per heavy atom. The van der Waals surface area contributed by atoms with Crippen LogP contribution in [0.2, 0.25) is 0 Å². The summed E-state index contributed by atoms with van der Waals surface area (Å²) in [5, 5.41) is 12.7. The second kappa shape index (κ2) is 5.72. The van der Waals surface area contributed by atoms with Crippen molar-refractivity contribution in [2.75, 3.05) is 6.54 Å². The highest BCUT2D eigenvalue weighted by Crippen LogP contribution is 2.22. The molecule has 0 saturated heterocycles. The number of nitro benzene ring substituents is 1. The number of benzene rings is 1. The minimum absolute atomic E-state index is 0.0685. The average molecular weight is 254 g/mol. The van der Waals surface area contributed by atoms with E-state index in [4.69, 9.17) is 6.42 Å². The van der Waals surface area contributed by atoms with Crippen molar-refractivity contribution >= 4 is 11.6 Å². The summed E-state index contributed by atoms with van der Waals surface area (Å²) in [4.78, 5) is 20.8. The van der Waals surface area contributed by atoms with E-state index in [1.807, 2.05) is 0 Å². The number of hydrogen-bond donors (Lipinski definition) is 1. The first kappa shape index (κ1) is 13.6. The van der Waals surface area contributed by atoms with E-state index in [2.05, 4.69) is 11.2 Å². The lowest BCUT2D eigenvalue weighted by molar-refractivity contribution is -0.387. The van der Waals surface area contributed by atoms with E-state index < -0.39 is 33.7 Å². The lowest BCUT2D eigenvalue weighted by Gasteiger charge is -2.05. The number of nitro groups is 1. The maximum absolute atomic E-state index is 13.6. The number of terminal acetylenes is 1. The van der Waals surface area contributed by atoms with Crippen molar-refractivity contribution in [1.82, 2.24) is 5.32 Å². The first-order valence-corrected chi connectivity index (χ1v) is 4.82. The van der Waals surface area contributed by atoms with Crippen molar-refractivity contribution in [3.63, 3.8) is 0 Å². The van der Waals surface area contributed by atoms with Crippen LogP contribution < -0.4 is 5.32 Å². The van der Waals surface area contributed by atoms with E-state index in [-0.39, 0.29) is 13.0 Å². The molecule has 0 unspecified atom stereocenters. The molecule has 0 spiro atoms. The van der Waals surface area contributed by atoms with E-state index in [0.717, 1.165) is 0 Å². The molecule has 7 heteroatoms. The molecule has 5 nitrogen and oxygen atoms in total. The van der Waals surface area contributed by atoms with E-state index in [0.29, 0.717) is 12.1 Å². The van der Waals surface area contributed by atoms with Crippen molar-refractivity contribution in [3.05, 3.63) is 39.4 Å². The summed E-state index contributed by atoms with van der Waals surface area (Å²) >= 11 is 0. The van der Waals surface area contributed by atoms with Crippen LogP contribution in [0.5, 0.6) is 0 Å². The molecule has 1 rings (SSSR count). The molecule has 0 aliphatic heterocycles. The second-order valence-corrected chi connectivity index (χ2v) is 3.25. The highest BCUT2D eigenvalue weighted by atomic mass is 19.1. The highest BCUT2D eigenvalue weighted by Gasteiger charge is 2.23. The smallest absolute Gasteiger partial charge is 0.308 e. The van der Waals surface area contributed by atoms with Gasteiger partial charge in [-0.2, -0.15) is 4.39 Å². The second-order valence-electron chi connectivity index (χ2n) is 3.25. The zero-order valence-electron chi connectivity index (χ0n) is 9.07. The minimum atomic E-state index is -1.38. The number of halogens is 2. The molecule has 1 amide bonds. The number of carbonyl (C=O) groups excluding carboxylic acids is 1. The molecular formula is C11H8F2N2O3. The molecule has 1 N–H and O–H groups in total. The predicted octanol–water partition coefficient (Wildman–Crippen LogP) is 1.63. The summed E-state index contributed by atoms with van der Waals surface area (Å²) in [6.45, 7) is 0.0685. The summed E-state index contributed by atoms with van der Waals surface area (Å²) in [7, 11) is 0. The summed E-state index contributed by atoms with van der Waals surface area (Å²) in [5.41, 5.74) is -1.81. The zero-order valence-corrected chi connectivity index (χ0v) is 9.07. The predicted molar refractivity (Wildman–Crippen MR) is 58.8 cm³/mol. The monoisotopic (exact) mass is 254 g/mol. The summed E-state index contributed by atoms with van der Waals surface area (Å²) in [6, 6.07) is 1.00. The van der Waals surface area contributed by atoms with Crippen molar-refractivity contribution in [1.29, 1.82) is 0 Å². The van der Waals surface area contributed by atoms with Gasteiger partial charge in [0.2, 0.25) is 5.82 Å². The Kier molecular flexibility index (Phi) is 4.32. The Morgan fingerprint density at radius 1 is 1.50 bits per heavy atom. The molecule has 94 valence electrons. The number of nitrogens with one attached hydrogen (secondary N) is 1. The molecule has 0 atom stereocenters. The normalized spacial score (nSPS) is 9.61. The summed E-state index contributed by atoms with van der Waals surface area (Å²) in [6.07, 6.45) is 5.16. The number of carbonyl (C=O) groups is 1. The van der Waals surface area contributed by atoms with Crippen LogP contribution in [-0.2, 0) is 0 Å². The maximum Gasteiger partial charge on any atom is 0.308 e. The van der Waals surface area contributed by atoms with Crippen LogP contribution in [0.15, 0.2) is 12.1 Å². The Labute approximate surface area is 101 Å². The Morgan fingerprint density at radius 3 is 2.72 bits per heavy atom. The van der Waals surface area contributed by atoms with Crippen molar-refractivity contribution in [2.45, 2.75) is 6.42 Å². The van der Waals surface area contributed by atoms with Crippen LogP contribution >= 0.6 is 0 Å². The largest absolute Gasteiger partial charge is 0.351 e. The fourth-order valence-electron chi connectivity index (χ4n) is 1.22. The molecule has 18 heavy (non-hydrogen) atoms. The van der Waals surface area contributed by atoms with Crippen LogP contribution in [0.1, 0.15) is 16.8 Å². The zero-order chi connectivity index (χ0) is 13.7. The minimum Gasteiger partial charge on any atom is -0.351 e. The van der Waals surface area contributed by atoms with Gasteiger partial charge in [0.15, 0.2) is 0 Å². The van der Waals surface area contributed by atoms with Gasteiger partial charge in [-0.1, -0.05) is 0 Å². The molecule has 0 heterocycles. The van der Waals surface area contributed by atoms with Gasteiger partial charge in [0.25, 0.3) is 5.91 Å². The SMILES string of the molecule is C#CCCNC(=O)c1cc(F)cc([N+](=O)[O-])c1F. The Bertz CT molecular complexity index is 538. The summed E-state index contributed by atoms with van der Waals surface area (Å²) in [5.74, 6) is -1.15. The van der Waals surface area contributed by atoms with Gasteiger partial charge in [0.1, 0.15) is 5.82 Å². The molecule has 0 fully saturated rings. The third kappa shape index (κ3) is 3.01. The standard InChI is InChI=1S/C11H8F2N2O3/c1-2-3-4-14-11(16)8-5-7(12)6-9(10(8)13)15(17)18/h1,5-6H,3-4H2,(H,14,16). The van der Waals surface area contributed by atoms with Crippen LogP contribution in [0.3, 0.4) is 0 Å². The Hall–Kier alpha value is -2.49. The molecular weight excluding hydrogens is 246 g/mol. The first-order chi connectivity index (χ1) is 8.47. The number of rotatable bonds is 4. The van der Waals surface area contributed by atoms with Crippen LogP contribution in [0, 0.1) is 34.1 Å². The Balaban J connectivity index is 3.06. The van der Waals surface area contributed by atoms with Gasteiger partial charge in [0, 0.05) is 13.0 Å². The van der Waals surface area contributed by atoms with E-state index >= 15 is 0 Å². The molecule has 1 aromatic rings. The molecule has 1 aromatic carbocycles. The van der Waals surface area contributed by atoms with Gasteiger partial charge < -0.3 is 5.32 Å². The fraction of sp³-hybridized carbons (Fsp3) is 0.182. The van der Waals surface area contributed by atoms with Gasteiger partial charge >= 0.3 is 5.69 Å². The van der Waals surface area contributed by atoms with Gasteiger partial charge in [-0.3, -0.25) is 14.9 Å². The van der Waals surface area contributed by atoms with Crippen LogP contribution in [0.25, 0.3) is 0 Å². The molecule has 0 aromatic heterocycles. The van der Waals surface area contributed by atoms with Gasteiger partial charge in [-0.15, -0.1) is 12.3 Å². The topological polar surface area (TPSA) is 72.2 Å².